The van der Waals surface area contributed by atoms with E-state index in [9.17, 15) is 9.90 Å². The zero-order valence-corrected chi connectivity index (χ0v) is 23.6. The van der Waals surface area contributed by atoms with Gasteiger partial charge in [0.2, 0.25) is 0 Å². The number of rotatable bonds is 8. The Balaban J connectivity index is 1.49. The molecule has 0 saturated heterocycles. The van der Waals surface area contributed by atoms with E-state index in [0.717, 1.165) is 29.5 Å². The van der Waals surface area contributed by atoms with E-state index < -0.39 is 23.1 Å². The predicted octanol–water partition coefficient (Wildman–Crippen LogP) is 7.63. The average molecular weight is 551 g/mol. The van der Waals surface area contributed by atoms with Crippen molar-refractivity contribution in [1.29, 1.82) is 0 Å². The Morgan fingerprint density at radius 3 is 2.50 bits per heavy atom. The first-order valence-electron chi connectivity index (χ1n) is 13.7. The molecule has 0 bridgehead atoms. The molecule has 0 heterocycles. The van der Waals surface area contributed by atoms with Crippen LogP contribution < -0.4 is 9.47 Å². The van der Waals surface area contributed by atoms with Crippen LogP contribution >= 0.6 is 0 Å². The molecule has 0 aromatic heterocycles. The minimum absolute atomic E-state index is 0.0829. The molecule has 3 aromatic carbocycles. The summed E-state index contributed by atoms with van der Waals surface area (Å²) in [4.78, 5) is 11.7. The first kappa shape index (κ1) is 28.1. The highest BCUT2D eigenvalue weighted by Crippen LogP contribution is 2.61. The highest BCUT2D eigenvalue weighted by atomic mass is 19.1. The highest BCUT2D eigenvalue weighted by molar-refractivity contribution is 5.78. The van der Waals surface area contributed by atoms with Gasteiger partial charge in [-0.15, -0.1) is 0 Å². The van der Waals surface area contributed by atoms with Gasteiger partial charge in [0.15, 0.2) is 11.6 Å². The van der Waals surface area contributed by atoms with Gasteiger partial charge in [0.05, 0.1) is 19.1 Å². The first-order chi connectivity index (χ1) is 19.0. The van der Waals surface area contributed by atoms with E-state index in [4.69, 9.17) is 14.2 Å². The molecule has 0 amide bonds. The summed E-state index contributed by atoms with van der Waals surface area (Å²) < 4.78 is 48.2. The second kappa shape index (κ2) is 10.5. The zero-order chi connectivity index (χ0) is 28.8. The highest BCUT2D eigenvalue weighted by Gasteiger charge is 2.62. The molecular formula is C33H36F2O5. The fourth-order valence-corrected chi connectivity index (χ4v) is 6.47. The van der Waals surface area contributed by atoms with Gasteiger partial charge in [0.1, 0.15) is 18.2 Å². The maximum Gasteiger partial charge on any atom is 0.307 e. The van der Waals surface area contributed by atoms with Crippen LogP contribution in [0.2, 0.25) is 0 Å². The SMILES string of the molecule is COc1ccc(F)c(-c2ccc(COc3ccc4c(c3F)[C@]3(CCC4)C[C@H]3C(=O)O)cc2[C@H](OC)C(C)(C)C)c1. The van der Waals surface area contributed by atoms with Crippen molar-refractivity contribution in [3.05, 3.63) is 82.4 Å². The number of fused-ring (bicyclic) bond motifs is 2. The van der Waals surface area contributed by atoms with Crippen LogP contribution in [0.1, 0.15) is 68.4 Å². The van der Waals surface area contributed by atoms with E-state index in [-0.39, 0.29) is 29.7 Å². The lowest BCUT2D eigenvalue weighted by atomic mass is 9.78. The maximum atomic E-state index is 15.9. The number of hydrogen-bond acceptors (Lipinski definition) is 4. The lowest BCUT2D eigenvalue weighted by Gasteiger charge is -2.32. The Morgan fingerprint density at radius 2 is 1.85 bits per heavy atom. The number of aliphatic carboxylic acids is 1. The molecule has 0 radical (unpaired) electrons. The van der Waals surface area contributed by atoms with Crippen molar-refractivity contribution in [3.63, 3.8) is 0 Å². The Bertz CT molecular complexity index is 1440. The Morgan fingerprint density at radius 1 is 1.07 bits per heavy atom. The van der Waals surface area contributed by atoms with Gasteiger partial charge in [-0.3, -0.25) is 4.79 Å². The van der Waals surface area contributed by atoms with Gasteiger partial charge >= 0.3 is 5.97 Å². The van der Waals surface area contributed by atoms with Crippen LogP contribution in [-0.4, -0.2) is 25.3 Å². The molecule has 0 aliphatic heterocycles. The van der Waals surface area contributed by atoms with Gasteiger partial charge in [-0.1, -0.05) is 39.0 Å². The van der Waals surface area contributed by atoms with Crippen LogP contribution in [0.15, 0.2) is 48.5 Å². The van der Waals surface area contributed by atoms with E-state index >= 15 is 8.78 Å². The number of carboxylic acid groups (broad SMARTS) is 1. The second-order valence-corrected chi connectivity index (χ2v) is 12.1. The molecule has 3 atom stereocenters. The van der Waals surface area contributed by atoms with Gasteiger partial charge < -0.3 is 19.3 Å². The standard InChI is InChI=1S/C33H36F2O5/c1-32(2,3)30(39-5)24-15-19(8-11-22(24)23-16-21(38-4)10-12-26(23)34)18-40-27-13-9-20-7-6-14-33(28(20)29(27)35)17-25(33)31(36)37/h8-13,15-16,25,30H,6-7,14,17-18H2,1-5H3,(H,36,37)/t25-,30-,33+/m0/s1. The minimum atomic E-state index is -0.870. The van der Waals surface area contributed by atoms with Crippen molar-refractivity contribution in [1.82, 2.24) is 0 Å². The minimum Gasteiger partial charge on any atom is -0.497 e. The number of ether oxygens (including phenoxy) is 3. The predicted molar refractivity (Wildman–Crippen MR) is 149 cm³/mol. The maximum absolute atomic E-state index is 15.9. The van der Waals surface area contributed by atoms with Crippen LogP contribution in [0.25, 0.3) is 11.1 Å². The van der Waals surface area contributed by atoms with Crippen molar-refractivity contribution >= 4 is 5.97 Å². The molecule has 1 fully saturated rings. The molecule has 1 N–H and O–H groups in total. The molecule has 2 aliphatic carbocycles. The fraction of sp³-hybridized carbons (Fsp3) is 0.424. The third kappa shape index (κ3) is 4.96. The first-order valence-corrected chi connectivity index (χ1v) is 13.7. The summed E-state index contributed by atoms with van der Waals surface area (Å²) in [5.41, 5.74) is 3.10. The lowest BCUT2D eigenvalue weighted by Crippen LogP contribution is -2.23. The number of benzene rings is 3. The summed E-state index contributed by atoms with van der Waals surface area (Å²) >= 11 is 0. The average Bonchev–Trinajstić information content (AvgIpc) is 3.63. The van der Waals surface area contributed by atoms with Crippen molar-refractivity contribution < 1.29 is 32.9 Å². The summed E-state index contributed by atoms with van der Waals surface area (Å²) in [7, 11) is 3.17. The van der Waals surface area contributed by atoms with Gasteiger partial charge in [-0.05, 0) is 83.7 Å². The van der Waals surface area contributed by atoms with E-state index in [0.29, 0.717) is 35.3 Å². The monoisotopic (exact) mass is 550 g/mol. The van der Waals surface area contributed by atoms with E-state index in [2.05, 4.69) is 20.8 Å². The molecule has 5 nitrogen and oxygen atoms in total. The largest absolute Gasteiger partial charge is 0.497 e. The van der Waals surface area contributed by atoms with Crippen LogP contribution in [0, 0.1) is 23.0 Å². The van der Waals surface area contributed by atoms with Gasteiger partial charge in [-0.2, -0.15) is 0 Å². The Kier molecular flexibility index (Phi) is 7.38. The summed E-state index contributed by atoms with van der Waals surface area (Å²) in [6.07, 6.45) is 2.36. The number of hydrogen-bond donors (Lipinski definition) is 1. The smallest absolute Gasteiger partial charge is 0.307 e. The molecule has 7 heteroatoms. The summed E-state index contributed by atoms with van der Waals surface area (Å²) in [5.74, 6) is -1.60. The molecule has 5 rings (SSSR count). The van der Waals surface area contributed by atoms with E-state index in [1.54, 1.807) is 25.3 Å². The number of aryl methyl sites for hydroxylation is 1. The fourth-order valence-electron chi connectivity index (χ4n) is 6.47. The van der Waals surface area contributed by atoms with Crippen molar-refractivity contribution in [2.75, 3.05) is 14.2 Å². The quantitative estimate of drug-likeness (QED) is 0.312. The molecule has 0 unspecified atom stereocenters. The third-order valence-electron chi connectivity index (χ3n) is 8.41. The number of halogens is 2. The third-order valence-corrected chi connectivity index (χ3v) is 8.41. The summed E-state index contributed by atoms with van der Waals surface area (Å²) in [5, 5.41) is 9.61. The Hall–Kier alpha value is -3.45. The van der Waals surface area contributed by atoms with Crippen molar-refractivity contribution in [2.45, 2.75) is 64.6 Å². The van der Waals surface area contributed by atoms with Crippen molar-refractivity contribution in [3.8, 4) is 22.6 Å². The van der Waals surface area contributed by atoms with Gasteiger partial charge in [0, 0.05) is 23.7 Å². The van der Waals surface area contributed by atoms with Crippen molar-refractivity contribution in [2.24, 2.45) is 11.3 Å². The molecule has 1 saturated carbocycles. The molecule has 212 valence electrons. The zero-order valence-electron chi connectivity index (χ0n) is 23.6. The van der Waals surface area contributed by atoms with Crippen LogP contribution in [0.3, 0.4) is 0 Å². The summed E-state index contributed by atoms with van der Waals surface area (Å²) in [6.45, 7) is 6.24. The number of carbonyl (C=O) groups is 1. The van der Waals surface area contributed by atoms with Crippen LogP contribution in [0.4, 0.5) is 8.78 Å². The Labute approximate surface area is 234 Å². The lowest BCUT2D eigenvalue weighted by molar-refractivity contribution is -0.139. The molecule has 1 spiro atoms. The normalized spacial score (nSPS) is 20.6. The molecule has 40 heavy (non-hydrogen) atoms. The van der Waals surface area contributed by atoms with E-state index in [1.807, 2.05) is 24.3 Å². The van der Waals surface area contributed by atoms with Gasteiger partial charge in [-0.25, -0.2) is 8.78 Å². The molecule has 2 aliphatic rings. The molecule has 3 aromatic rings. The summed E-state index contributed by atoms with van der Waals surface area (Å²) in [6, 6.07) is 13.7. The number of methoxy groups -OCH3 is 2. The molecular weight excluding hydrogens is 514 g/mol. The van der Waals surface area contributed by atoms with Crippen LogP contribution in [0.5, 0.6) is 11.5 Å². The van der Waals surface area contributed by atoms with Crippen LogP contribution in [-0.2, 0) is 28.0 Å². The van der Waals surface area contributed by atoms with Gasteiger partial charge in [0.25, 0.3) is 0 Å². The second-order valence-electron chi connectivity index (χ2n) is 12.1. The van der Waals surface area contributed by atoms with E-state index in [1.165, 1.54) is 13.2 Å². The topological polar surface area (TPSA) is 65.0 Å². The number of carboxylic acids is 1.